The van der Waals surface area contributed by atoms with Crippen LogP contribution >= 0.6 is 0 Å². The molecular formula is C13H18F3NO2. The zero-order chi connectivity index (χ0) is 14.5. The summed E-state index contributed by atoms with van der Waals surface area (Å²) in [6, 6.07) is 6.81. The van der Waals surface area contributed by atoms with Gasteiger partial charge in [0, 0.05) is 0 Å². The van der Waals surface area contributed by atoms with Crippen molar-refractivity contribution in [2.24, 2.45) is 0 Å². The van der Waals surface area contributed by atoms with Gasteiger partial charge < -0.3 is 14.8 Å². The van der Waals surface area contributed by atoms with Gasteiger partial charge >= 0.3 is 6.18 Å². The zero-order valence-corrected chi connectivity index (χ0v) is 11.1. The summed E-state index contributed by atoms with van der Waals surface area (Å²) in [5.74, 6) is 0.697. The standard InChI is InChI=1S/C13H18F3NO2/c1-9(19-8-13(14,15)16)12(17-2)10-4-6-11(18-3)7-5-10/h4-7,9,12,17H,8H2,1-3H3. The monoisotopic (exact) mass is 277 g/mol. The number of ether oxygens (including phenoxy) is 2. The number of nitrogens with one attached hydrogen (secondary N) is 1. The number of likely N-dealkylation sites (N-methyl/N-ethyl adjacent to an activating group) is 1. The fourth-order valence-corrected chi connectivity index (χ4v) is 1.81. The fraction of sp³-hybridized carbons (Fsp3) is 0.538. The molecule has 0 saturated heterocycles. The number of alkyl halides is 3. The second kappa shape index (κ2) is 6.77. The highest BCUT2D eigenvalue weighted by molar-refractivity contribution is 5.29. The van der Waals surface area contributed by atoms with E-state index in [1.807, 2.05) is 0 Å². The Morgan fingerprint density at radius 1 is 1.21 bits per heavy atom. The van der Waals surface area contributed by atoms with Gasteiger partial charge in [-0.15, -0.1) is 0 Å². The van der Waals surface area contributed by atoms with E-state index in [0.29, 0.717) is 5.75 Å². The Bertz CT molecular complexity index is 378. The molecule has 108 valence electrons. The molecule has 0 aliphatic heterocycles. The second-order valence-electron chi connectivity index (χ2n) is 4.17. The summed E-state index contributed by atoms with van der Waals surface area (Å²) < 4.78 is 46.3. The van der Waals surface area contributed by atoms with Gasteiger partial charge in [0.2, 0.25) is 0 Å². The SMILES string of the molecule is CNC(c1ccc(OC)cc1)C(C)OCC(F)(F)F. The van der Waals surface area contributed by atoms with Gasteiger partial charge in [0.25, 0.3) is 0 Å². The van der Waals surface area contributed by atoms with Crippen LogP contribution in [-0.2, 0) is 4.74 Å². The van der Waals surface area contributed by atoms with Crippen LogP contribution in [0.4, 0.5) is 13.2 Å². The third-order valence-corrected chi connectivity index (χ3v) is 2.77. The topological polar surface area (TPSA) is 30.5 Å². The van der Waals surface area contributed by atoms with Crippen LogP contribution < -0.4 is 10.1 Å². The highest BCUT2D eigenvalue weighted by Crippen LogP contribution is 2.23. The quantitative estimate of drug-likeness (QED) is 0.867. The van der Waals surface area contributed by atoms with Crippen molar-refractivity contribution in [1.29, 1.82) is 0 Å². The van der Waals surface area contributed by atoms with Gasteiger partial charge in [-0.3, -0.25) is 0 Å². The molecule has 2 unspecified atom stereocenters. The normalized spacial score (nSPS) is 15.1. The average Bonchev–Trinajstić information content (AvgIpc) is 2.37. The third-order valence-electron chi connectivity index (χ3n) is 2.77. The van der Waals surface area contributed by atoms with Crippen molar-refractivity contribution in [2.45, 2.75) is 25.2 Å². The molecule has 1 N–H and O–H groups in total. The summed E-state index contributed by atoms with van der Waals surface area (Å²) in [5.41, 5.74) is 0.845. The first-order chi connectivity index (χ1) is 8.87. The van der Waals surface area contributed by atoms with Gasteiger partial charge in [-0.1, -0.05) is 12.1 Å². The van der Waals surface area contributed by atoms with Crippen molar-refractivity contribution in [1.82, 2.24) is 5.32 Å². The van der Waals surface area contributed by atoms with Crippen LogP contribution in [0.15, 0.2) is 24.3 Å². The van der Waals surface area contributed by atoms with E-state index in [-0.39, 0.29) is 6.04 Å². The first-order valence-corrected chi connectivity index (χ1v) is 5.87. The lowest BCUT2D eigenvalue weighted by molar-refractivity contribution is -0.186. The smallest absolute Gasteiger partial charge is 0.411 e. The van der Waals surface area contributed by atoms with Gasteiger partial charge in [0.05, 0.1) is 19.3 Å². The highest BCUT2D eigenvalue weighted by Gasteiger charge is 2.30. The van der Waals surface area contributed by atoms with Crippen LogP contribution in [0, 0.1) is 0 Å². The molecule has 19 heavy (non-hydrogen) atoms. The summed E-state index contributed by atoms with van der Waals surface area (Å²) in [6.45, 7) is 0.361. The molecule has 0 fully saturated rings. The van der Waals surface area contributed by atoms with Crippen molar-refractivity contribution in [3.05, 3.63) is 29.8 Å². The predicted molar refractivity (Wildman–Crippen MR) is 66.3 cm³/mol. The molecule has 0 aliphatic carbocycles. The predicted octanol–water partition coefficient (Wildman–Crippen LogP) is 2.92. The number of benzene rings is 1. The van der Waals surface area contributed by atoms with Gasteiger partial charge in [-0.05, 0) is 31.7 Å². The van der Waals surface area contributed by atoms with Gasteiger partial charge in [-0.2, -0.15) is 13.2 Å². The van der Waals surface area contributed by atoms with Gasteiger partial charge in [0.15, 0.2) is 0 Å². The summed E-state index contributed by atoms with van der Waals surface area (Å²) in [4.78, 5) is 0. The maximum Gasteiger partial charge on any atom is 0.411 e. The van der Waals surface area contributed by atoms with Crippen molar-refractivity contribution in [3.63, 3.8) is 0 Å². The molecule has 0 bridgehead atoms. The third kappa shape index (κ3) is 5.08. The average molecular weight is 277 g/mol. The molecule has 0 heterocycles. The van der Waals surface area contributed by atoms with Crippen molar-refractivity contribution in [2.75, 3.05) is 20.8 Å². The summed E-state index contributed by atoms with van der Waals surface area (Å²) in [7, 11) is 3.24. The first-order valence-electron chi connectivity index (χ1n) is 5.87. The minimum Gasteiger partial charge on any atom is -0.497 e. The maximum atomic E-state index is 12.1. The number of hydrogen-bond acceptors (Lipinski definition) is 3. The van der Waals surface area contributed by atoms with Crippen LogP contribution in [0.2, 0.25) is 0 Å². The summed E-state index contributed by atoms with van der Waals surface area (Å²) in [5, 5.41) is 2.96. The maximum absolute atomic E-state index is 12.1. The molecule has 6 heteroatoms. The Morgan fingerprint density at radius 2 is 1.79 bits per heavy atom. The van der Waals surface area contributed by atoms with E-state index in [1.165, 1.54) is 0 Å². The van der Waals surface area contributed by atoms with Crippen LogP contribution in [0.25, 0.3) is 0 Å². The molecule has 0 aliphatic rings. The summed E-state index contributed by atoms with van der Waals surface area (Å²) in [6.07, 6.45) is -4.91. The number of hydrogen-bond donors (Lipinski definition) is 1. The summed E-state index contributed by atoms with van der Waals surface area (Å²) >= 11 is 0. The molecule has 1 aromatic rings. The minimum absolute atomic E-state index is 0.312. The Balaban J connectivity index is 2.70. The van der Waals surface area contributed by atoms with Crippen molar-refractivity contribution in [3.8, 4) is 5.75 Å². The molecule has 0 amide bonds. The molecular weight excluding hydrogens is 259 g/mol. The van der Waals surface area contributed by atoms with Crippen molar-refractivity contribution < 1.29 is 22.6 Å². The van der Waals surface area contributed by atoms with Gasteiger partial charge in [-0.25, -0.2) is 0 Å². The minimum atomic E-state index is -4.31. The molecule has 0 aromatic heterocycles. The van der Waals surface area contributed by atoms with E-state index >= 15 is 0 Å². The largest absolute Gasteiger partial charge is 0.497 e. The fourth-order valence-electron chi connectivity index (χ4n) is 1.81. The van der Waals surface area contributed by atoms with Crippen LogP contribution in [-0.4, -0.2) is 33.0 Å². The van der Waals surface area contributed by atoms with E-state index in [9.17, 15) is 13.2 Å². The Labute approximate surface area is 110 Å². The first kappa shape index (κ1) is 15.8. The lowest BCUT2D eigenvalue weighted by atomic mass is 10.0. The Hall–Kier alpha value is -1.27. The zero-order valence-electron chi connectivity index (χ0n) is 11.1. The van der Waals surface area contributed by atoms with Crippen LogP contribution in [0.5, 0.6) is 5.75 Å². The van der Waals surface area contributed by atoms with E-state index in [2.05, 4.69) is 5.32 Å². The molecule has 2 atom stereocenters. The number of methoxy groups -OCH3 is 1. The van der Waals surface area contributed by atoms with Crippen LogP contribution in [0.1, 0.15) is 18.5 Å². The van der Waals surface area contributed by atoms with E-state index in [1.54, 1.807) is 45.3 Å². The molecule has 0 spiro atoms. The van der Waals surface area contributed by atoms with Crippen LogP contribution in [0.3, 0.4) is 0 Å². The lowest BCUT2D eigenvalue weighted by Crippen LogP contribution is -2.32. The molecule has 1 rings (SSSR count). The number of rotatable bonds is 6. The molecule has 3 nitrogen and oxygen atoms in total. The van der Waals surface area contributed by atoms with Crippen molar-refractivity contribution >= 4 is 0 Å². The Morgan fingerprint density at radius 3 is 2.21 bits per heavy atom. The van der Waals surface area contributed by atoms with E-state index in [4.69, 9.17) is 9.47 Å². The highest BCUT2D eigenvalue weighted by atomic mass is 19.4. The second-order valence-corrected chi connectivity index (χ2v) is 4.17. The van der Waals surface area contributed by atoms with Gasteiger partial charge in [0.1, 0.15) is 12.4 Å². The molecule has 0 saturated carbocycles. The molecule has 0 radical (unpaired) electrons. The van der Waals surface area contributed by atoms with E-state index in [0.717, 1.165) is 5.56 Å². The number of halogens is 3. The molecule has 1 aromatic carbocycles. The van der Waals surface area contributed by atoms with E-state index < -0.39 is 18.9 Å². The Kier molecular flexibility index (Phi) is 5.62. The lowest BCUT2D eigenvalue weighted by Gasteiger charge is -2.25.